The second-order valence-corrected chi connectivity index (χ2v) is 9.78. The normalized spacial score (nSPS) is 27.1. The van der Waals surface area contributed by atoms with Gasteiger partial charge in [-0.2, -0.15) is 0 Å². The van der Waals surface area contributed by atoms with Crippen LogP contribution in [0, 0.1) is 18.3 Å². The molecule has 2 atom stereocenters. The Morgan fingerprint density at radius 1 is 1.28 bits per heavy atom. The molecule has 0 saturated carbocycles. The monoisotopic (exact) mass is 416 g/mol. The zero-order valence-corrected chi connectivity index (χ0v) is 17.7. The lowest BCUT2D eigenvalue weighted by Crippen LogP contribution is -2.39. The number of fused-ring (bicyclic) bond motifs is 2. The predicted octanol–water partition coefficient (Wildman–Crippen LogP) is 1.34. The third-order valence-electron chi connectivity index (χ3n) is 6.94. The fourth-order valence-electron chi connectivity index (χ4n) is 5.26. The number of carbonyl (C=O) groups excluding carboxylic acids is 1. The van der Waals surface area contributed by atoms with Crippen LogP contribution >= 0.6 is 11.3 Å². The minimum absolute atomic E-state index is 0.0299. The predicted molar refractivity (Wildman–Crippen MR) is 109 cm³/mol. The first-order valence-electron chi connectivity index (χ1n) is 10.5. The number of likely N-dealkylation sites (tertiary alicyclic amines) is 2. The van der Waals surface area contributed by atoms with Gasteiger partial charge < -0.3 is 14.6 Å². The van der Waals surface area contributed by atoms with Crippen LogP contribution in [0.25, 0.3) is 0 Å². The number of aliphatic hydroxyl groups excluding tert-OH is 1. The highest BCUT2D eigenvalue weighted by molar-refractivity contribution is 7.09. The lowest BCUT2D eigenvalue weighted by molar-refractivity contribution is 0.0702. The molecule has 2 aromatic heterocycles. The number of amides is 1. The molecule has 2 unspecified atom stereocenters. The summed E-state index contributed by atoms with van der Waals surface area (Å²) in [6, 6.07) is 0. The van der Waals surface area contributed by atoms with Crippen molar-refractivity contribution in [2.45, 2.75) is 45.7 Å². The molecule has 156 valence electrons. The summed E-state index contributed by atoms with van der Waals surface area (Å²) in [6.07, 6.45) is 4.25. The Morgan fingerprint density at radius 3 is 2.93 bits per heavy atom. The molecule has 0 aromatic carbocycles. The topological polar surface area (TPSA) is 87.4 Å². The Balaban J connectivity index is 1.30. The molecule has 2 aromatic rings. The first-order valence-corrected chi connectivity index (χ1v) is 11.4. The van der Waals surface area contributed by atoms with E-state index < -0.39 is 0 Å². The molecule has 3 aliphatic rings. The largest absolute Gasteiger partial charge is 0.396 e. The Morgan fingerprint density at radius 2 is 2.17 bits per heavy atom. The van der Waals surface area contributed by atoms with Crippen molar-refractivity contribution in [3.63, 3.8) is 0 Å². The van der Waals surface area contributed by atoms with Crippen molar-refractivity contribution in [1.82, 2.24) is 29.5 Å². The quantitative estimate of drug-likeness (QED) is 0.809. The number of hydrogen-bond donors (Lipinski definition) is 1. The third kappa shape index (κ3) is 3.29. The summed E-state index contributed by atoms with van der Waals surface area (Å²) in [5.41, 5.74) is 2.75. The van der Waals surface area contributed by atoms with Crippen LogP contribution in [-0.4, -0.2) is 73.3 Å². The summed E-state index contributed by atoms with van der Waals surface area (Å²) in [5.74, 6) is 1.68. The molecule has 8 nitrogen and oxygen atoms in total. The van der Waals surface area contributed by atoms with Gasteiger partial charge in [0.1, 0.15) is 5.82 Å². The van der Waals surface area contributed by atoms with Gasteiger partial charge in [0.15, 0.2) is 0 Å². The SMILES string of the molecule is Cc1ncsc1CN1CC2CN(C(=O)c3nnc4n3CCCCC4)CC2(CO)C1. The number of carbonyl (C=O) groups is 1. The van der Waals surface area contributed by atoms with Gasteiger partial charge in [0.05, 0.1) is 17.8 Å². The molecule has 1 amide bonds. The molecular weight excluding hydrogens is 388 g/mol. The molecule has 5 rings (SSSR count). The van der Waals surface area contributed by atoms with Crippen LogP contribution in [0.5, 0.6) is 0 Å². The average Bonchev–Trinajstić information content (AvgIpc) is 3.42. The average molecular weight is 417 g/mol. The van der Waals surface area contributed by atoms with E-state index in [2.05, 4.69) is 20.1 Å². The first-order chi connectivity index (χ1) is 14.1. The fraction of sp³-hybridized carbons (Fsp3) is 0.700. The zero-order chi connectivity index (χ0) is 20.0. The molecule has 1 N–H and O–H groups in total. The van der Waals surface area contributed by atoms with E-state index in [0.29, 0.717) is 18.9 Å². The summed E-state index contributed by atoms with van der Waals surface area (Å²) >= 11 is 1.69. The first kappa shape index (κ1) is 19.1. The van der Waals surface area contributed by atoms with Gasteiger partial charge in [-0.05, 0) is 25.7 Å². The van der Waals surface area contributed by atoms with Crippen molar-refractivity contribution >= 4 is 17.2 Å². The number of aryl methyl sites for hydroxylation is 2. The summed E-state index contributed by atoms with van der Waals surface area (Å²) in [7, 11) is 0. The fourth-order valence-corrected chi connectivity index (χ4v) is 6.07. The standard InChI is InChI=1S/C20H28N6O2S/c1-14-16(29-13-21-14)9-24-7-15-8-25(11-20(15,10-24)12-27)19(28)18-23-22-17-5-3-2-4-6-26(17)18/h13,15,27H,2-12H2,1H3. The highest BCUT2D eigenvalue weighted by atomic mass is 32.1. The van der Waals surface area contributed by atoms with E-state index in [4.69, 9.17) is 0 Å². The Bertz CT molecular complexity index is 911. The van der Waals surface area contributed by atoms with Crippen molar-refractivity contribution in [2.24, 2.45) is 11.3 Å². The molecule has 2 fully saturated rings. The molecule has 0 bridgehead atoms. The van der Waals surface area contributed by atoms with Gasteiger partial charge in [0, 0.05) is 56.0 Å². The molecule has 0 spiro atoms. The van der Waals surface area contributed by atoms with Gasteiger partial charge in [-0.1, -0.05) is 6.42 Å². The van der Waals surface area contributed by atoms with Gasteiger partial charge in [0.25, 0.3) is 5.91 Å². The maximum absolute atomic E-state index is 13.3. The molecule has 0 aliphatic carbocycles. The highest BCUT2D eigenvalue weighted by Crippen LogP contribution is 2.43. The van der Waals surface area contributed by atoms with Crippen molar-refractivity contribution in [1.29, 1.82) is 0 Å². The van der Waals surface area contributed by atoms with Crippen molar-refractivity contribution < 1.29 is 9.90 Å². The van der Waals surface area contributed by atoms with Crippen LogP contribution in [0.2, 0.25) is 0 Å². The number of thiazole rings is 1. The van der Waals surface area contributed by atoms with Crippen LogP contribution in [0.15, 0.2) is 5.51 Å². The van der Waals surface area contributed by atoms with E-state index in [0.717, 1.165) is 57.0 Å². The number of nitrogens with zero attached hydrogens (tertiary/aromatic N) is 6. The smallest absolute Gasteiger partial charge is 0.291 e. The minimum Gasteiger partial charge on any atom is -0.396 e. The lowest BCUT2D eigenvalue weighted by atomic mass is 9.82. The number of hydrogen-bond acceptors (Lipinski definition) is 7. The van der Waals surface area contributed by atoms with E-state index in [-0.39, 0.29) is 23.8 Å². The molecule has 29 heavy (non-hydrogen) atoms. The van der Waals surface area contributed by atoms with E-state index in [1.165, 1.54) is 11.3 Å². The summed E-state index contributed by atoms with van der Waals surface area (Å²) in [6.45, 7) is 6.85. The number of rotatable bonds is 4. The molecule has 3 aliphatic heterocycles. The Kier molecular flexibility index (Phi) is 4.92. The van der Waals surface area contributed by atoms with Crippen LogP contribution < -0.4 is 0 Å². The van der Waals surface area contributed by atoms with E-state index >= 15 is 0 Å². The van der Waals surface area contributed by atoms with Gasteiger partial charge in [0.2, 0.25) is 5.82 Å². The van der Waals surface area contributed by atoms with Gasteiger partial charge in [-0.3, -0.25) is 9.69 Å². The Labute approximate surface area is 174 Å². The second-order valence-electron chi connectivity index (χ2n) is 8.84. The molecule has 2 saturated heterocycles. The van der Waals surface area contributed by atoms with Gasteiger partial charge >= 0.3 is 0 Å². The molecule has 5 heterocycles. The summed E-state index contributed by atoms with van der Waals surface area (Å²) in [4.78, 5) is 23.2. The maximum Gasteiger partial charge on any atom is 0.291 e. The van der Waals surface area contributed by atoms with Crippen LogP contribution in [0.1, 0.15) is 46.3 Å². The van der Waals surface area contributed by atoms with Gasteiger partial charge in [-0.15, -0.1) is 21.5 Å². The zero-order valence-electron chi connectivity index (χ0n) is 16.9. The van der Waals surface area contributed by atoms with Crippen LogP contribution in [0.3, 0.4) is 0 Å². The highest BCUT2D eigenvalue weighted by Gasteiger charge is 2.53. The van der Waals surface area contributed by atoms with Gasteiger partial charge in [-0.25, -0.2) is 4.98 Å². The van der Waals surface area contributed by atoms with E-state index in [1.807, 2.05) is 21.9 Å². The lowest BCUT2D eigenvalue weighted by Gasteiger charge is -2.27. The number of aliphatic hydroxyl groups is 1. The summed E-state index contributed by atoms with van der Waals surface area (Å²) in [5, 5.41) is 18.8. The summed E-state index contributed by atoms with van der Waals surface area (Å²) < 4.78 is 2.02. The molecule has 0 radical (unpaired) electrons. The third-order valence-corrected chi connectivity index (χ3v) is 7.86. The second kappa shape index (κ2) is 7.45. The maximum atomic E-state index is 13.3. The van der Waals surface area contributed by atoms with Crippen molar-refractivity contribution in [2.75, 3.05) is 32.8 Å². The minimum atomic E-state index is -0.240. The van der Waals surface area contributed by atoms with E-state index in [9.17, 15) is 9.90 Å². The molecule has 9 heteroatoms. The Hall–Kier alpha value is -1.84. The van der Waals surface area contributed by atoms with Crippen LogP contribution in [-0.2, 0) is 19.5 Å². The molecular formula is C20H28N6O2S. The van der Waals surface area contributed by atoms with Crippen LogP contribution in [0.4, 0.5) is 0 Å². The van der Waals surface area contributed by atoms with Crippen molar-refractivity contribution in [3.05, 3.63) is 27.7 Å². The van der Waals surface area contributed by atoms with E-state index in [1.54, 1.807) is 11.3 Å². The number of aromatic nitrogens is 4. The van der Waals surface area contributed by atoms with Crippen molar-refractivity contribution in [3.8, 4) is 0 Å².